The Hall–Kier alpha value is -3.51. The quantitative estimate of drug-likeness (QED) is 0.343. The highest BCUT2D eigenvalue weighted by Crippen LogP contribution is 2.37. The number of fused-ring (bicyclic) bond motifs is 2. The van der Waals surface area contributed by atoms with Gasteiger partial charge in [-0.15, -0.1) is 11.3 Å². The van der Waals surface area contributed by atoms with Gasteiger partial charge in [-0.2, -0.15) is 0 Å². The third-order valence-electron chi connectivity index (χ3n) is 6.76. The largest absolute Gasteiger partial charge is 0.365 e. The number of rotatable bonds is 4. The molecule has 0 fully saturated rings. The van der Waals surface area contributed by atoms with Gasteiger partial charge in [-0.25, -0.2) is 4.98 Å². The molecule has 0 atom stereocenters. The van der Waals surface area contributed by atoms with Crippen LogP contribution >= 0.6 is 11.3 Å². The summed E-state index contributed by atoms with van der Waals surface area (Å²) in [7, 11) is 0. The molecular formula is C29H29N3O2S. The summed E-state index contributed by atoms with van der Waals surface area (Å²) in [4.78, 5) is 32.2. The number of primary amides is 1. The van der Waals surface area contributed by atoms with E-state index in [9.17, 15) is 9.59 Å². The number of carbonyl (C=O) groups is 2. The van der Waals surface area contributed by atoms with Crippen LogP contribution in [0.2, 0.25) is 0 Å². The highest BCUT2D eigenvalue weighted by molar-refractivity contribution is 7.17. The van der Waals surface area contributed by atoms with Crippen molar-refractivity contribution in [2.45, 2.75) is 52.4 Å². The summed E-state index contributed by atoms with van der Waals surface area (Å²) in [6.07, 6.45) is 6.22. The van der Waals surface area contributed by atoms with Crippen LogP contribution in [-0.2, 0) is 12.8 Å². The van der Waals surface area contributed by atoms with E-state index in [2.05, 4.69) is 31.3 Å². The van der Waals surface area contributed by atoms with Gasteiger partial charge in [0, 0.05) is 15.8 Å². The van der Waals surface area contributed by atoms with Crippen molar-refractivity contribution < 1.29 is 9.59 Å². The molecule has 4 aromatic rings. The first kappa shape index (κ1) is 23.2. The second-order valence-electron chi connectivity index (χ2n) is 9.33. The summed E-state index contributed by atoms with van der Waals surface area (Å²) in [5.74, 6) is -0.736. The predicted molar refractivity (Wildman–Crippen MR) is 143 cm³/mol. The number of nitrogens with one attached hydrogen (secondary N) is 1. The number of carbonyl (C=O) groups excluding carboxylic acids is 2. The fourth-order valence-corrected chi connectivity index (χ4v) is 6.33. The number of hydrogen-bond acceptors (Lipinski definition) is 4. The summed E-state index contributed by atoms with van der Waals surface area (Å²) < 4.78 is 0. The molecule has 2 aromatic heterocycles. The number of hydrogen-bond donors (Lipinski definition) is 2. The number of nitrogens with zero attached hydrogens (tertiary/aromatic N) is 1. The van der Waals surface area contributed by atoms with Crippen molar-refractivity contribution in [1.29, 1.82) is 0 Å². The lowest BCUT2D eigenvalue weighted by molar-refractivity contribution is 0.100. The number of pyridine rings is 1. The highest BCUT2D eigenvalue weighted by Gasteiger charge is 2.25. The molecule has 6 heteroatoms. The van der Waals surface area contributed by atoms with Crippen LogP contribution in [0.15, 0.2) is 48.5 Å². The van der Waals surface area contributed by atoms with E-state index in [0.29, 0.717) is 16.1 Å². The smallest absolute Gasteiger partial charge is 0.257 e. The fourth-order valence-electron chi connectivity index (χ4n) is 5.04. The van der Waals surface area contributed by atoms with Gasteiger partial charge in [0.25, 0.3) is 11.8 Å². The fraction of sp³-hybridized carbons (Fsp3) is 0.276. The summed E-state index contributed by atoms with van der Waals surface area (Å²) in [5, 5.41) is 4.38. The minimum Gasteiger partial charge on any atom is -0.365 e. The van der Waals surface area contributed by atoms with Crippen molar-refractivity contribution in [2.24, 2.45) is 5.73 Å². The Labute approximate surface area is 209 Å². The van der Waals surface area contributed by atoms with Crippen molar-refractivity contribution in [3.8, 4) is 11.3 Å². The Balaban J connectivity index is 1.59. The molecule has 1 aliphatic rings. The molecule has 0 saturated carbocycles. The third-order valence-corrected chi connectivity index (χ3v) is 7.97. The van der Waals surface area contributed by atoms with Crippen LogP contribution in [0.1, 0.15) is 68.0 Å². The molecule has 35 heavy (non-hydrogen) atoms. The Kier molecular flexibility index (Phi) is 6.39. The van der Waals surface area contributed by atoms with Crippen LogP contribution in [0.4, 0.5) is 5.00 Å². The van der Waals surface area contributed by atoms with Gasteiger partial charge in [-0.3, -0.25) is 9.59 Å². The van der Waals surface area contributed by atoms with Crippen LogP contribution in [0.25, 0.3) is 22.2 Å². The molecule has 0 spiro atoms. The van der Waals surface area contributed by atoms with Crippen molar-refractivity contribution >= 4 is 39.1 Å². The number of para-hydroxylation sites is 1. The Bertz CT molecular complexity index is 1450. The average Bonchev–Trinajstić information content (AvgIpc) is 3.14. The van der Waals surface area contributed by atoms with Crippen LogP contribution in [0, 0.1) is 13.8 Å². The molecule has 0 saturated heterocycles. The lowest BCUT2D eigenvalue weighted by Gasteiger charge is -2.12. The monoisotopic (exact) mass is 483 g/mol. The van der Waals surface area contributed by atoms with E-state index in [-0.39, 0.29) is 5.91 Å². The number of nitrogens with two attached hydrogens (primary N) is 1. The lowest BCUT2D eigenvalue weighted by atomic mass is 9.96. The molecule has 5 rings (SSSR count). The number of amides is 2. The molecule has 2 amide bonds. The van der Waals surface area contributed by atoms with E-state index >= 15 is 0 Å². The van der Waals surface area contributed by atoms with Crippen LogP contribution in [0.3, 0.4) is 0 Å². The lowest BCUT2D eigenvalue weighted by Crippen LogP contribution is -2.18. The predicted octanol–water partition coefficient (Wildman–Crippen LogP) is 6.59. The van der Waals surface area contributed by atoms with Crippen LogP contribution in [-0.4, -0.2) is 16.8 Å². The first-order valence-corrected chi connectivity index (χ1v) is 13.0. The third kappa shape index (κ3) is 4.58. The van der Waals surface area contributed by atoms with Gasteiger partial charge in [0.1, 0.15) is 5.00 Å². The molecule has 0 radical (unpaired) electrons. The van der Waals surface area contributed by atoms with Gasteiger partial charge >= 0.3 is 0 Å². The highest BCUT2D eigenvalue weighted by atomic mass is 32.1. The number of aryl methyl sites for hydroxylation is 3. The van der Waals surface area contributed by atoms with E-state index in [1.54, 1.807) is 0 Å². The van der Waals surface area contributed by atoms with Crippen LogP contribution in [0.5, 0.6) is 0 Å². The standard InChI is InChI=1S/C29H29N3O2S/c1-17-13-14-19(18(2)15-17)24-16-22(20-9-7-8-11-23(20)31-24)28(34)32-29-26(27(30)33)21-10-5-3-4-6-12-25(21)35-29/h7-9,11,13-16H,3-6,10,12H2,1-2H3,(H2,30,33)(H,32,34). The summed E-state index contributed by atoms with van der Waals surface area (Å²) in [6, 6.07) is 15.7. The van der Waals surface area contributed by atoms with E-state index in [0.717, 1.165) is 65.4 Å². The van der Waals surface area contributed by atoms with Crippen molar-refractivity contribution in [3.05, 3.63) is 81.2 Å². The zero-order chi connectivity index (χ0) is 24.5. The van der Waals surface area contributed by atoms with Crippen LogP contribution < -0.4 is 11.1 Å². The maximum absolute atomic E-state index is 13.7. The molecule has 0 aliphatic heterocycles. The van der Waals surface area contributed by atoms with Gasteiger partial charge in [0.2, 0.25) is 0 Å². The van der Waals surface area contributed by atoms with Gasteiger partial charge in [0.15, 0.2) is 0 Å². The SMILES string of the molecule is Cc1ccc(-c2cc(C(=O)Nc3sc4c(c3C(N)=O)CCCCCC4)c3ccccc3n2)c(C)c1. The number of anilines is 1. The van der Waals surface area contributed by atoms with Crippen molar-refractivity contribution in [2.75, 3.05) is 5.32 Å². The molecule has 5 nitrogen and oxygen atoms in total. The molecule has 2 aromatic carbocycles. The van der Waals surface area contributed by atoms with Gasteiger partial charge in [-0.1, -0.05) is 54.8 Å². The zero-order valence-electron chi connectivity index (χ0n) is 20.1. The minimum atomic E-state index is -0.478. The van der Waals surface area contributed by atoms with Gasteiger partial charge < -0.3 is 11.1 Å². The number of benzene rings is 2. The van der Waals surface area contributed by atoms with Gasteiger partial charge in [0.05, 0.1) is 22.3 Å². The summed E-state index contributed by atoms with van der Waals surface area (Å²) in [5.41, 5.74) is 12.6. The van der Waals surface area contributed by atoms with E-state index < -0.39 is 5.91 Å². The topological polar surface area (TPSA) is 85.1 Å². The number of aromatic nitrogens is 1. The molecule has 1 aliphatic carbocycles. The molecule has 178 valence electrons. The average molecular weight is 484 g/mol. The van der Waals surface area contributed by atoms with Crippen molar-refractivity contribution in [3.63, 3.8) is 0 Å². The Morgan fingerprint density at radius 1 is 0.971 bits per heavy atom. The first-order valence-electron chi connectivity index (χ1n) is 12.2. The van der Waals surface area contributed by atoms with E-state index in [4.69, 9.17) is 10.7 Å². The van der Waals surface area contributed by atoms with Crippen molar-refractivity contribution in [1.82, 2.24) is 4.98 Å². The Morgan fingerprint density at radius 2 is 1.74 bits per heavy atom. The Morgan fingerprint density at radius 3 is 2.51 bits per heavy atom. The van der Waals surface area contributed by atoms with E-state index in [1.807, 2.05) is 36.4 Å². The number of thiophene rings is 1. The summed E-state index contributed by atoms with van der Waals surface area (Å²) in [6.45, 7) is 4.11. The normalized spacial score (nSPS) is 13.7. The second-order valence-corrected chi connectivity index (χ2v) is 10.4. The van der Waals surface area contributed by atoms with Gasteiger partial charge in [-0.05, 0) is 62.8 Å². The second kappa shape index (κ2) is 9.62. The zero-order valence-corrected chi connectivity index (χ0v) is 20.9. The molecule has 3 N–H and O–H groups in total. The van der Waals surface area contributed by atoms with E-state index in [1.165, 1.54) is 28.2 Å². The minimum absolute atomic E-state index is 0.258. The molecule has 2 heterocycles. The summed E-state index contributed by atoms with van der Waals surface area (Å²) >= 11 is 1.50. The molecule has 0 bridgehead atoms. The molecule has 0 unspecified atom stereocenters. The first-order chi connectivity index (χ1) is 16.9. The molecular weight excluding hydrogens is 454 g/mol. The maximum Gasteiger partial charge on any atom is 0.257 e. The maximum atomic E-state index is 13.7.